The smallest absolute Gasteiger partial charge is 0.318 e. The average molecular weight is 393 g/mol. The molecule has 1 spiro atoms. The summed E-state index contributed by atoms with van der Waals surface area (Å²) >= 11 is 0. The van der Waals surface area contributed by atoms with Crippen molar-refractivity contribution in [3.63, 3.8) is 0 Å². The summed E-state index contributed by atoms with van der Waals surface area (Å²) in [5.74, 6) is 0.0385. The number of urea groups is 1. The number of halogens is 1. The molecule has 3 aliphatic heterocycles. The van der Waals surface area contributed by atoms with E-state index >= 15 is 0 Å². The van der Waals surface area contributed by atoms with Crippen LogP contribution in [0.2, 0.25) is 0 Å². The first-order chi connectivity index (χ1) is 12.7. The van der Waals surface area contributed by atoms with E-state index in [9.17, 15) is 9.59 Å². The number of fused-ring (bicyclic) bond motifs is 1. The van der Waals surface area contributed by atoms with Crippen LogP contribution in [-0.2, 0) is 17.8 Å². The van der Waals surface area contributed by atoms with Crippen LogP contribution in [0.3, 0.4) is 0 Å². The normalized spacial score (nSPS) is 20.7. The molecule has 2 fully saturated rings. The van der Waals surface area contributed by atoms with Gasteiger partial charge in [0.1, 0.15) is 0 Å². The number of piperidine rings is 1. The zero-order chi connectivity index (χ0) is 18.0. The molecule has 7 heteroatoms. The molecule has 0 radical (unpaired) electrons. The Morgan fingerprint density at radius 2 is 1.78 bits per heavy atom. The van der Waals surface area contributed by atoms with E-state index in [0.29, 0.717) is 18.5 Å². The minimum absolute atomic E-state index is 0. The lowest BCUT2D eigenvalue weighted by molar-refractivity contribution is -0.132. The fourth-order valence-electron chi connectivity index (χ4n) is 4.50. The third-order valence-electron chi connectivity index (χ3n) is 6.32. The van der Waals surface area contributed by atoms with Crippen molar-refractivity contribution in [2.75, 3.05) is 39.3 Å². The molecule has 148 valence electrons. The Labute approximate surface area is 167 Å². The van der Waals surface area contributed by atoms with Crippen LogP contribution in [0, 0.1) is 5.41 Å². The number of hydrogen-bond acceptors (Lipinski definition) is 3. The molecule has 6 nitrogen and oxygen atoms in total. The summed E-state index contributed by atoms with van der Waals surface area (Å²) in [6.07, 6.45) is 4.24. The molecule has 1 aromatic rings. The number of nitrogens with one attached hydrogen (secondary N) is 2. The second-order valence-electron chi connectivity index (χ2n) is 7.91. The van der Waals surface area contributed by atoms with Gasteiger partial charge in [-0.25, -0.2) is 4.79 Å². The van der Waals surface area contributed by atoms with E-state index in [-0.39, 0.29) is 30.9 Å². The van der Waals surface area contributed by atoms with E-state index in [4.69, 9.17) is 0 Å². The Bertz CT molecular complexity index is 680. The van der Waals surface area contributed by atoms with Gasteiger partial charge in [0.05, 0.1) is 6.54 Å². The SMILES string of the molecule is Cl.O=C(CNC(=O)N1CCc2ccccc2C1)N1CCC2(CCNC2)CC1. The van der Waals surface area contributed by atoms with E-state index in [0.717, 1.165) is 45.4 Å². The summed E-state index contributed by atoms with van der Waals surface area (Å²) in [5, 5.41) is 6.27. The van der Waals surface area contributed by atoms with Crippen LogP contribution in [-0.4, -0.2) is 61.0 Å². The Kier molecular flexibility index (Phi) is 6.27. The summed E-state index contributed by atoms with van der Waals surface area (Å²) in [4.78, 5) is 28.6. The Morgan fingerprint density at radius 3 is 2.48 bits per heavy atom. The van der Waals surface area contributed by atoms with Gasteiger partial charge in [-0.1, -0.05) is 24.3 Å². The summed E-state index contributed by atoms with van der Waals surface area (Å²) in [5.41, 5.74) is 2.92. The number of amides is 3. The van der Waals surface area contributed by atoms with Gasteiger partial charge in [0.15, 0.2) is 0 Å². The molecule has 0 saturated carbocycles. The van der Waals surface area contributed by atoms with Crippen LogP contribution in [0.4, 0.5) is 4.79 Å². The lowest BCUT2D eigenvalue weighted by Gasteiger charge is -2.39. The Hall–Kier alpha value is -1.79. The Morgan fingerprint density at radius 1 is 1.04 bits per heavy atom. The highest BCUT2D eigenvalue weighted by Crippen LogP contribution is 2.36. The van der Waals surface area contributed by atoms with Crippen molar-refractivity contribution in [3.8, 4) is 0 Å². The zero-order valence-electron chi connectivity index (χ0n) is 15.7. The maximum Gasteiger partial charge on any atom is 0.318 e. The topological polar surface area (TPSA) is 64.7 Å². The predicted octanol–water partition coefficient (Wildman–Crippen LogP) is 1.78. The largest absolute Gasteiger partial charge is 0.341 e. The van der Waals surface area contributed by atoms with E-state index in [1.807, 2.05) is 17.0 Å². The molecule has 27 heavy (non-hydrogen) atoms. The molecule has 3 aliphatic rings. The van der Waals surface area contributed by atoms with Crippen molar-refractivity contribution >= 4 is 24.3 Å². The van der Waals surface area contributed by atoms with Crippen LogP contribution in [0.1, 0.15) is 30.4 Å². The standard InChI is InChI=1S/C20H28N4O2.ClH/c25-18(23-11-7-20(8-12-23)6-9-21-15-20)13-22-19(26)24-10-5-16-3-1-2-4-17(16)14-24;/h1-4,21H,5-15H2,(H,22,26);1H. The molecule has 3 heterocycles. The molecule has 3 amide bonds. The summed E-state index contributed by atoms with van der Waals surface area (Å²) in [6.45, 7) is 5.24. The summed E-state index contributed by atoms with van der Waals surface area (Å²) in [6, 6.07) is 8.10. The quantitative estimate of drug-likeness (QED) is 0.806. The molecule has 0 bridgehead atoms. The molecule has 2 N–H and O–H groups in total. The number of carbonyl (C=O) groups is 2. The number of rotatable bonds is 2. The molecular weight excluding hydrogens is 364 g/mol. The highest BCUT2D eigenvalue weighted by atomic mass is 35.5. The second kappa shape index (κ2) is 8.48. The summed E-state index contributed by atoms with van der Waals surface area (Å²) in [7, 11) is 0. The fourth-order valence-corrected chi connectivity index (χ4v) is 4.50. The predicted molar refractivity (Wildman–Crippen MR) is 107 cm³/mol. The van der Waals surface area contributed by atoms with Crippen LogP contribution in [0.5, 0.6) is 0 Å². The molecule has 0 unspecified atom stereocenters. The van der Waals surface area contributed by atoms with Gasteiger partial charge in [0.25, 0.3) is 0 Å². The molecule has 4 rings (SSSR count). The van der Waals surface area contributed by atoms with E-state index in [1.54, 1.807) is 4.90 Å². The van der Waals surface area contributed by atoms with E-state index < -0.39 is 0 Å². The van der Waals surface area contributed by atoms with Crippen LogP contribution >= 0.6 is 12.4 Å². The fraction of sp³-hybridized carbons (Fsp3) is 0.600. The van der Waals surface area contributed by atoms with Gasteiger partial charge in [0.2, 0.25) is 5.91 Å². The van der Waals surface area contributed by atoms with E-state index in [1.165, 1.54) is 17.5 Å². The number of nitrogens with zero attached hydrogens (tertiary/aromatic N) is 2. The first-order valence-corrected chi connectivity index (χ1v) is 9.73. The van der Waals surface area contributed by atoms with Crippen molar-refractivity contribution in [2.24, 2.45) is 5.41 Å². The summed E-state index contributed by atoms with van der Waals surface area (Å²) < 4.78 is 0. The molecule has 0 atom stereocenters. The van der Waals surface area contributed by atoms with Crippen LogP contribution in [0.15, 0.2) is 24.3 Å². The first-order valence-electron chi connectivity index (χ1n) is 9.73. The first kappa shape index (κ1) is 20.0. The van der Waals surface area contributed by atoms with Crippen LogP contribution < -0.4 is 10.6 Å². The molecule has 1 aromatic carbocycles. The Balaban J connectivity index is 0.00000210. The molecular formula is C20H29ClN4O2. The number of likely N-dealkylation sites (tertiary alicyclic amines) is 1. The van der Waals surface area contributed by atoms with Gasteiger partial charge in [-0.05, 0) is 48.8 Å². The van der Waals surface area contributed by atoms with Gasteiger partial charge in [0, 0.05) is 32.7 Å². The van der Waals surface area contributed by atoms with Crippen molar-refractivity contribution in [1.29, 1.82) is 0 Å². The number of benzene rings is 1. The van der Waals surface area contributed by atoms with Crippen molar-refractivity contribution in [1.82, 2.24) is 20.4 Å². The van der Waals surface area contributed by atoms with E-state index in [2.05, 4.69) is 22.8 Å². The second-order valence-corrected chi connectivity index (χ2v) is 7.91. The third kappa shape index (κ3) is 4.38. The van der Waals surface area contributed by atoms with Gasteiger partial charge in [-0.2, -0.15) is 0 Å². The number of carbonyl (C=O) groups excluding carboxylic acids is 2. The van der Waals surface area contributed by atoms with Gasteiger partial charge < -0.3 is 20.4 Å². The monoisotopic (exact) mass is 392 g/mol. The number of hydrogen-bond donors (Lipinski definition) is 2. The maximum atomic E-state index is 12.5. The molecule has 0 aliphatic carbocycles. The molecule has 2 saturated heterocycles. The van der Waals surface area contributed by atoms with Crippen molar-refractivity contribution in [3.05, 3.63) is 35.4 Å². The highest BCUT2D eigenvalue weighted by molar-refractivity contribution is 5.85. The van der Waals surface area contributed by atoms with Crippen molar-refractivity contribution < 1.29 is 9.59 Å². The highest BCUT2D eigenvalue weighted by Gasteiger charge is 2.38. The third-order valence-corrected chi connectivity index (χ3v) is 6.32. The van der Waals surface area contributed by atoms with Gasteiger partial charge in [-0.3, -0.25) is 4.79 Å². The van der Waals surface area contributed by atoms with Crippen LogP contribution in [0.25, 0.3) is 0 Å². The molecule has 0 aromatic heterocycles. The van der Waals surface area contributed by atoms with Gasteiger partial charge >= 0.3 is 6.03 Å². The van der Waals surface area contributed by atoms with Crippen molar-refractivity contribution in [2.45, 2.75) is 32.2 Å². The average Bonchev–Trinajstić information content (AvgIpc) is 3.14. The lowest BCUT2D eigenvalue weighted by atomic mass is 9.78. The minimum atomic E-state index is -0.138. The lowest BCUT2D eigenvalue weighted by Crippen LogP contribution is -2.49. The van der Waals surface area contributed by atoms with Gasteiger partial charge in [-0.15, -0.1) is 12.4 Å². The maximum absolute atomic E-state index is 12.5. The zero-order valence-corrected chi connectivity index (χ0v) is 16.5. The minimum Gasteiger partial charge on any atom is -0.341 e.